The number of carbonyl (C=O) groups excluding carboxylic acids is 1. The van der Waals surface area contributed by atoms with Gasteiger partial charge in [-0.25, -0.2) is 9.78 Å². The van der Waals surface area contributed by atoms with E-state index in [9.17, 15) is 4.79 Å². The van der Waals surface area contributed by atoms with Gasteiger partial charge in [-0.3, -0.25) is 5.10 Å². The first-order valence-corrected chi connectivity index (χ1v) is 5.77. The summed E-state index contributed by atoms with van der Waals surface area (Å²) in [4.78, 5) is 19.1. The van der Waals surface area contributed by atoms with E-state index in [-0.39, 0.29) is 5.97 Å². The molecule has 19 heavy (non-hydrogen) atoms. The summed E-state index contributed by atoms with van der Waals surface area (Å²) in [5, 5.41) is 6.86. The lowest BCUT2D eigenvalue weighted by atomic mass is 10.2. The van der Waals surface area contributed by atoms with E-state index in [2.05, 4.69) is 20.2 Å². The first kappa shape index (κ1) is 11.5. The fraction of sp³-hybridized carbons (Fsp3) is 0.154. The number of hydrogen-bond acceptors (Lipinski definition) is 4. The van der Waals surface area contributed by atoms with Crippen molar-refractivity contribution >= 4 is 17.0 Å². The van der Waals surface area contributed by atoms with Crippen molar-refractivity contribution in [3.63, 3.8) is 0 Å². The highest BCUT2D eigenvalue weighted by Gasteiger charge is 2.12. The zero-order chi connectivity index (χ0) is 13.4. The zero-order valence-electron chi connectivity index (χ0n) is 10.5. The fourth-order valence-electron chi connectivity index (χ4n) is 1.96. The molecule has 0 saturated carbocycles. The van der Waals surface area contributed by atoms with E-state index >= 15 is 0 Å². The molecular formula is C13H12N4O2. The Morgan fingerprint density at radius 3 is 2.89 bits per heavy atom. The van der Waals surface area contributed by atoms with Crippen LogP contribution in [0.25, 0.3) is 22.6 Å². The smallest absolute Gasteiger partial charge is 0.337 e. The summed E-state index contributed by atoms with van der Waals surface area (Å²) < 4.78 is 4.69. The SMILES string of the molecule is COC(=O)c1ccc2nc(-c3[nH]ncc3C)[nH]c2c1. The summed E-state index contributed by atoms with van der Waals surface area (Å²) in [6, 6.07) is 5.20. The molecule has 0 aliphatic carbocycles. The Balaban J connectivity index is 2.11. The third kappa shape index (κ3) is 1.87. The Morgan fingerprint density at radius 1 is 1.37 bits per heavy atom. The summed E-state index contributed by atoms with van der Waals surface area (Å²) in [6.45, 7) is 1.95. The Bertz CT molecular complexity index is 757. The van der Waals surface area contributed by atoms with Crippen molar-refractivity contribution in [2.24, 2.45) is 0 Å². The summed E-state index contributed by atoms with van der Waals surface area (Å²) in [6.07, 6.45) is 1.74. The van der Waals surface area contributed by atoms with Gasteiger partial charge in [0.2, 0.25) is 0 Å². The van der Waals surface area contributed by atoms with Crippen molar-refractivity contribution in [3.8, 4) is 11.5 Å². The van der Waals surface area contributed by atoms with Crippen molar-refractivity contribution in [3.05, 3.63) is 35.5 Å². The second kappa shape index (κ2) is 4.24. The number of carbonyl (C=O) groups is 1. The van der Waals surface area contributed by atoms with Crippen LogP contribution in [0.1, 0.15) is 15.9 Å². The molecule has 6 heteroatoms. The molecule has 2 N–H and O–H groups in total. The summed E-state index contributed by atoms with van der Waals surface area (Å²) in [5.74, 6) is 0.336. The fourth-order valence-corrected chi connectivity index (χ4v) is 1.96. The van der Waals surface area contributed by atoms with E-state index < -0.39 is 0 Å². The number of H-pyrrole nitrogens is 2. The standard InChI is InChI=1S/C13H12N4O2/c1-7-6-14-17-11(7)12-15-9-4-3-8(13(18)19-2)5-10(9)16-12/h3-6H,1-2H3,(H,14,17)(H,15,16). The highest BCUT2D eigenvalue weighted by atomic mass is 16.5. The molecule has 96 valence electrons. The molecule has 0 amide bonds. The van der Waals surface area contributed by atoms with Crippen LogP contribution in [0.4, 0.5) is 0 Å². The molecule has 2 heterocycles. The monoisotopic (exact) mass is 256 g/mol. The maximum absolute atomic E-state index is 11.5. The minimum atomic E-state index is -0.365. The second-order valence-electron chi connectivity index (χ2n) is 4.24. The third-order valence-electron chi connectivity index (χ3n) is 2.97. The van der Waals surface area contributed by atoms with Crippen LogP contribution in [0.15, 0.2) is 24.4 Å². The lowest BCUT2D eigenvalue weighted by molar-refractivity contribution is 0.0601. The molecule has 0 unspecified atom stereocenters. The molecule has 3 aromatic rings. The molecule has 0 spiro atoms. The minimum Gasteiger partial charge on any atom is -0.465 e. The van der Waals surface area contributed by atoms with E-state index in [1.54, 1.807) is 24.4 Å². The molecular weight excluding hydrogens is 244 g/mol. The largest absolute Gasteiger partial charge is 0.465 e. The maximum atomic E-state index is 11.5. The molecule has 3 rings (SSSR count). The lowest BCUT2D eigenvalue weighted by Gasteiger charge is -1.97. The first-order valence-electron chi connectivity index (χ1n) is 5.77. The Hall–Kier alpha value is -2.63. The quantitative estimate of drug-likeness (QED) is 0.687. The molecule has 6 nitrogen and oxygen atoms in total. The van der Waals surface area contributed by atoms with Gasteiger partial charge in [0.15, 0.2) is 5.82 Å². The second-order valence-corrected chi connectivity index (χ2v) is 4.24. The van der Waals surface area contributed by atoms with Gasteiger partial charge < -0.3 is 9.72 Å². The van der Waals surface area contributed by atoms with Gasteiger partial charge in [-0.1, -0.05) is 0 Å². The third-order valence-corrected chi connectivity index (χ3v) is 2.97. The zero-order valence-corrected chi connectivity index (χ0v) is 10.5. The molecule has 2 aromatic heterocycles. The Morgan fingerprint density at radius 2 is 2.21 bits per heavy atom. The van der Waals surface area contributed by atoms with E-state index in [0.717, 1.165) is 22.3 Å². The number of esters is 1. The summed E-state index contributed by atoms with van der Waals surface area (Å²) in [5.41, 5.74) is 3.91. The molecule has 0 fully saturated rings. The first-order chi connectivity index (χ1) is 9.19. The van der Waals surface area contributed by atoms with Crippen LogP contribution in [-0.4, -0.2) is 33.2 Å². The average molecular weight is 256 g/mol. The number of fused-ring (bicyclic) bond motifs is 1. The Labute approximate surface area is 108 Å². The topological polar surface area (TPSA) is 83.7 Å². The van der Waals surface area contributed by atoms with E-state index in [1.807, 2.05) is 6.92 Å². The average Bonchev–Trinajstić information content (AvgIpc) is 3.02. The molecule has 0 atom stereocenters. The van der Waals surface area contributed by atoms with Crippen molar-refractivity contribution < 1.29 is 9.53 Å². The number of hydrogen-bond donors (Lipinski definition) is 2. The number of nitrogens with one attached hydrogen (secondary N) is 2. The van der Waals surface area contributed by atoms with Crippen LogP contribution < -0.4 is 0 Å². The number of ether oxygens (including phenoxy) is 1. The van der Waals surface area contributed by atoms with E-state index in [4.69, 9.17) is 4.74 Å². The van der Waals surface area contributed by atoms with Gasteiger partial charge in [0.1, 0.15) is 5.69 Å². The van der Waals surface area contributed by atoms with Crippen molar-refractivity contribution in [1.82, 2.24) is 20.2 Å². The van der Waals surface area contributed by atoms with Crippen molar-refractivity contribution in [2.45, 2.75) is 6.92 Å². The van der Waals surface area contributed by atoms with Gasteiger partial charge in [-0.05, 0) is 30.7 Å². The predicted molar refractivity (Wildman–Crippen MR) is 69.8 cm³/mol. The highest BCUT2D eigenvalue weighted by molar-refractivity contribution is 5.94. The van der Waals surface area contributed by atoms with Gasteiger partial charge in [0.05, 0.1) is 29.9 Å². The van der Waals surface area contributed by atoms with Gasteiger partial charge in [0, 0.05) is 0 Å². The van der Waals surface area contributed by atoms with E-state index in [0.29, 0.717) is 11.4 Å². The van der Waals surface area contributed by atoms with Crippen LogP contribution >= 0.6 is 0 Å². The lowest BCUT2D eigenvalue weighted by Crippen LogP contribution is -2.00. The summed E-state index contributed by atoms with van der Waals surface area (Å²) >= 11 is 0. The number of methoxy groups -OCH3 is 1. The Kier molecular flexibility index (Phi) is 2.56. The highest BCUT2D eigenvalue weighted by Crippen LogP contribution is 2.22. The summed E-state index contributed by atoms with van der Waals surface area (Å²) in [7, 11) is 1.36. The van der Waals surface area contributed by atoms with Gasteiger partial charge in [0.25, 0.3) is 0 Å². The predicted octanol–water partition coefficient (Wildman–Crippen LogP) is 2.05. The molecule has 0 aliphatic heterocycles. The maximum Gasteiger partial charge on any atom is 0.337 e. The molecule has 0 saturated heterocycles. The number of aromatic amines is 2. The van der Waals surface area contributed by atoms with Gasteiger partial charge >= 0.3 is 5.97 Å². The molecule has 1 aromatic carbocycles. The van der Waals surface area contributed by atoms with Crippen LogP contribution in [0.3, 0.4) is 0 Å². The number of aromatic nitrogens is 4. The van der Waals surface area contributed by atoms with Crippen LogP contribution in [-0.2, 0) is 4.74 Å². The van der Waals surface area contributed by atoms with Crippen molar-refractivity contribution in [1.29, 1.82) is 0 Å². The minimum absolute atomic E-state index is 0.365. The number of imidazole rings is 1. The van der Waals surface area contributed by atoms with Crippen molar-refractivity contribution in [2.75, 3.05) is 7.11 Å². The number of aryl methyl sites for hydroxylation is 1. The number of nitrogens with zero attached hydrogens (tertiary/aromatic N) is 2. The van der Waals surface area contributed by atoms with Gasteiger partial charge in [-0.15, -0.1) is 0 Å². The van der Waals surface area contributed by atoms with Crippen LogP contribution in [0.2, 0.25) is 0 Å². The van der Waals surface area contributed by atoms with Crippen LogP contribution in [0.5, 0.6) is 0 Å². The normalized spacial score (nSPS) is 10.8. The van der Waals surface area contributed by atoms with Crippen LogP contribution in [0, 0.1) is 6.92 Å². The molecule has 0 radical (unpaired) electrons. The number of rotatable bonds is 2. The van der Waals surface area contributed by atoms with E-state index in [1.165, 1.54) is 7.11 Å². The molecule has 0 aliphatic rings. The number of benzene rings is 1. The molecule has 0 bridgehead atoms. The van der Waals surface area contributed by atoms with Gasteiger partial charge in [-0.2, -0.15) is 5.10 Å².